The van der Waals surface area contributed by atoms with Gasteiger partial charge < -0.3 is 20.1 Å². The number of para-hydroxylation sites is 4. The van der Waals surface area contributed by atoms with Crippen LogP contribution in [0.2, 0.25) is 0 Å². The molecule has 0 saturated heterocycles. The van der Waals surface area contributed by atoms with Gasteiger partial charge in [-0.1, -0.05) is 24.3 Å². The molecule has 2 aromatic rings. The molecule has 2 aromatic carbocycles. The second-order valence-corrected chi connectivity index (χ2v) is 4.86. The molecule has 0 unspecified atom stereocenters. The van der Waals surface area contributed by atoms with Crippen molar-refractivity contribution in [2.45, 2.75) is 0 Å². The fourth-order valence-corrected chi connectivity index (χ4v) is 2.28. The van der Waals surface area contributed by atoms with Gasteiger partial charge in [-0.25, -0.2) is 4.79 Å². The predicted octanol–water partition coefficient (Wildman–Crippen LogP) is 1.76. The van der Waals surface area contributed by atoms with E-state index in [1.165, 1.54) is 6.07 Å². The van der Waals surface area contributed by atoms with E-state index in [0.717, 1.165) is 0 Å². The third-order valence-corrected chi connectivity index (χ3v) is 3.26. The van der Waals surface area contributed by atoms with Crippen molar-refractivity contribution in [3.63, 3.8) is 0 Å². The number of hydrogen-bond acceptors (Lipinski definition) is 5. The molecule has 1 aliphatic rings. The molecule has 1 aliphatic heterocycles. The van der Waals surface area contributed by atoms with Gasteiger partial charge in [0.25, 0.3) is 0 Å². The van der Waals surface area contributed by atoms with E-state index in [-0.39, 0.29) is 24.7 Å². The Balaban J connectivity index is 1.75. The molecular formula is C16H14N2O4. The zero-order valence-corrected chi connectivity index (χ0v) is 11.7. The minimum Gasteiger partial charge on any atom is -0.506 e. The van der Waals surface area contributed by atoms with Crippen molar-refractivity contribution in [3.05, 3.63) is 48.5 Å². The number of amides is 1. The second kappa shape index (κ2) is 5.77. The third kappa shape index (κ3) is 2.85. The van der Waals surface area contributed by atoms with Gasteiger partial charge in [-0.2, -0.15) is 0 Å². The first-order chi connectivity index (χ1) is 10.6. The average Bonchev–Trinajstić information content (AvgIpc) is 2.49. The number of hydrogen-bond donors (Lipinski definition) is 2. The number of fused-ring (bicyclic) bond motifs is 1. The first-order valence-electron chi connectivity index (χ1n) is 6.76. The fourth-order valence-electron chi connectivity index (χ4n) is 2.28. The molecule has 0 aliphatic carbocycles. The summed E-state index contributed by atoms with van der Waals surface area (Å²) < 4.78 is 5.13. The highest BCUT2D eigenvalue weighted by Crippen LogP contribution is 2.31. The fraction of sp³-hybridized carbons (Fsp3) is 0.125. The van der Waals surface area contributed by atoms with Gasteiger partial charge in [0.05, 0.1) is 17.9 Å². The zero-order valence-electron chi connectivity index (χ0n) is 11.7. The van der Waals surface area contributed by atoms with Crippen molar-refractivity contribution < 1.29 is 19.4 Å². The van der Waals surface area contributed by atoms with E-state index >= 15 is 0 Å². The second-order valence-electron chi connectivity index (χ2n) is 4.86. The van der Waals surface area contributed by atoms with Crippen molar-refractivity contribution in [2.24, 2.45) is 0 Å². The number of carbonyl (C=O) groups excluding carboxylic acids is 2. The largest absolute Gasteiger partial charge is 0.506 e. The number of phenols is 1. The molecule has 0 fully saturated rings. The van der Waals surface area contributed by atoms with Crippen LogP contribution in [0.25, 0.3) is 0 Å². The minimum atomic E-state index is -0.408. The van der Waals surface area contributed by atoms with Crippen molar-refractivity contribution in [3.8, 4) is 11.5 Å². The molecule has 0 bridgehead atoms. The third-order valence-electron chi connectivity index (χ3n) is 3.26. The highest BCUT2D eigenvalue weighted by atomic mass is 16.5. The van der Waals surface area contributed by atoms with Crippen molar-refractivity contribution >= 4 is 23.3 Å². The topological polar surface area (TPSA) is 78.9 Å². The summed E-state index contributed by atoms with van der Waals surface area (Å²) in [6, 6.07) is 13.5. The molecule has 1 heterocycles. The Labute approximate surface area is 126 Å². The number of carbonyl (C=O) groups is 2. The molecule has 6 heteroatoms. The molecule has 3 rings (SSSR count). The van der Waals surface area contributed by atoms with Crippen LogP contribution in [-0.2, 0) is 9.59 Å². The summed E-state index contributed by atoms with van der Waals surface area (Å²) in [7, 11) is 0. The van der Waals surface area contributed by atoms with Crippen LogP contribution in [0, 0.1) is 0 Å². The van der Waals surface area contributed by atoms with Crippen LogP contribution in [0.5, 0.6) is 11.5 Å². The number of rotatable bonds is 3. The summed E-state index contributed by atoms with van der Waals surface area (Å²) in [5.74, 6) is -0.302. The van der Waals surface area contributed by atoms with Crippen LogP contribution in [0.1, 0.15) is 0 Å². The molecule has 6 nitrogen and oxygen atoms in total. The Hall–Kier alpha value is -3.02. The average molecular weight is 298 g/mol. The van der Waals surface area contributed by atoms with E-state index < -0.39 is 5.97 Å². The number of esters is 1. The quantitative estimate of drug-likeness (QED) is 0.513. The van der Waals surface area contributed by atoms with E-state index in [9.17, 15) is 14.7 Å². The summed E-state index contributed by atoms with van der Waals surface area (Å²) in [4.78, 5) is 25.4. The Bertz CT molecular complexity index is 730. The predicted molar refractivity (Wildman–Crippen MR) is 81.0 cm³/mol. The smallest absolute Gasteiger partial charge is 0.331 e. The van der Waals surface area contributed by atoms with Crippen LogP contribution in [0.15, 0.2) is 48.5 Å². The molecule has 22 heavy (non-hydrogen) atoms. The maximum absolute atomic E-state index is 12.1. The van der Waals surface area contributed by atoms with Crippen LogP contribution in [0.3, 0.4) is 0 Å². The van der Waals surface area contributed by atoms with Gasteiger partial charge in [-0.3, -0.25) is 4.79 Å². The van der Waals surface area contributed by atoms with Gasteiger partial charge in [-0.15, -0.1) is 0 Å². The maximum atomic E-state index is 12.1. The lowest BCUT2D eigenvalue weighted by atomic mass is 10.2. The number of ether oxygens (including phenoxy) is 1. The minimum absolute atomic E-state index is 0.00516. The van der Waals surface area contributed by atoms with Gasteiger partial charge in [0, 0.05) is 0 Å². The Kier molecular flexibility index (Phi) is 3.65. The van der Waals surface area contributed by atoms with Gasteiger partial charge >= 0.3 is 5.97 Å². The number of phenolic OH excluding ortho intramolecular Hbond substituents is 1. The SMILES string of the molecule is O=C(CN1CC(=O)Oc2ccccc21)Nc1ccccc1O. The molecule has 1 amide bonds. The number of nitrogens with one attached hydrogen (secondary N) is 1. The lowest BCUT2D eigenvalue weighted by Crippen LogP contribution is -2.41. The van der Waals surface area contributed by atoms with E-state index in [0.29, 0.717) is 17.1 Å². The van der Waals surface area contributed by atoms with E-state index in [2.05, 4.69) is 5.32 Å². The van der Waals surface area contributed by atoms with Crippen molar-refractivity contribution in [1.82, 2.24) is 0 Å². The highest BCUT2D eigenvalue weighted by molar-refractivity contribution is 5.97. The lowest BCUT2D eigenvalue weighted by Gasteiger charge is -2.29. The molecule has 0 aromatic heterocycles. The standard InChI is InChI=1S/C16H14N2O4/c19-13-7-3-1-5-11(13)17-15(20)9-18-10-16(21)22-14-8-4-2-6-12(14)18/h1-8,19H,9-10H2,(H,17,20). The summed E-state index contributed by atoms with van der Waals surface area (Å²) in [6.07, 6.45) is 0. The van der Waals surface area contributed by atoms with E-state index in [1.54, 1.807) is 41.3 Å². The molecule has 2 N–H and O–H groups in total. The van der Waals surface area contributed by atoms with Crippen LogP contribution < -0.4 is 15.0 Å². The van der Waals surface area contributed by atoms with Crippen LogP contribution in [-0.4, -0.2) is 30.1 Å². The molecular weight excluding hydrogens is 284 g/mol. The number of benzene rings is 2. The van der Waals surface area contributed by atoms with Gasteiger partial charge in [0.2, 0.25) is 5.91 Å². The zero-order chi connectivity index (χ0) is 15.5. The van der Waals surface area contributed by atoms with E-state index in [1.807, 2.05) is 6.07 Å². The summed E-state index contributed by atoms with van der Waals surface area (Å²) in [5.41, 5.74) is 1.02. The Morgan fingerprint density at radius 3 is 2.73 bits per heavy atom. The molecule has 0 spiro atoms. The number of nitrogens with zero attached hydrogens (tertiary/aromatic N) is 1. The van der Waals surface area contributed by atoms with E-state index in [4.69, 9.17) is 4.74 Å². The molecule has 0 atom stereocenters. The summed E-state index contributed by atoms with van der Waals surface area (Å²) in [6.45, 7) is -0.00828. The highest BCUT2D eigenvalue weighted by Gasteiger charge is 2.25. The number of anilines is 2. The van der Waals surface area contributed by atoms with Crippen molar-refractivity contribution in [2.75, 3.05) is 23.3 Å². The Morgan fingerprint density at radius 1 is 1.18 bits per heavy atom. The number of aromatic hydroxyl groups is 1. The summed E-state index contributed by atoms with van der Waals surface area (Å²) in [5, 5.41) is 12.3. The maximum Gasteiger partial charge on any atom is 0.331 e. The Morgan fingerprint density at radius 2 is 1.91 bits per heavy atom. The normalized spacial score (nSPS) is 13.3. The first-order valence-corrected chi connectivity index (χ1v) is 6.76. The van der Waals surface area contributed by atoms with Crippen molar-refractivity contribution in [1.29, 1.82) is 0 Å². The lowest BCUT2D eigenvalue weighted by molar-refractivity contribution is -0.133. The molecule has 0 radical (unpaired) electrons. The first kappa shape index (κ1) is 13.9. The molecule has 112 valence electrons. The molecule has 0 saturated carbocycles. The van der Waals surface area contributed by atoms with Crippen LogP contribution >= 0.6 is 0 Å². The van der Waals surface area contributed by atoms with Gasteiger partial charge in [0.1, 0.15) is 12.3 Å². The van der Waals surface area contributed by atoms with Gasteiger partial charge in [-0.05, 0) is 24.3 Å². The van der Waals surface area contributed by atoms with Gasteiger partial charge in [0.15, 0.2) is 5.75 Å². The van der Waals surface area contributed by atoms with Crippen LogP contribution in [0.4, 0.5) is 11.4 Å². The summed E-state index contributed by atoms with van der Waals surface area (Å²) >= 11 is 0. The monoisotopic (exact) mass is 298 g/mol.